The van der Waals surface area contributed by atoms with Crippen LogP contribution in [0.5, 0.6) is 5.75 Å². The van der Waals surface area contributed by atoms with Crippen molar-refractivity contribution in [3.05, 3.63) is 77.9 Å². The quantitative estimate of drug-likeness (QED) is 0.620. The fourth-order valence-electron chi connectivity index (χ4n) is 2.92. The van der Waals surface area contributed by atoms with Crippen LogP contribution in [-0.4, -0.2) is 11.3 Å². The predicted octanol–water partition coefficient (Wildman–Crippen LogP) is 5.51. The number of hydrogen-bond donors (Lipinski definition) is 1. The second-order valence-corrected chi connectivity index (χ2v) is 5.71. The highest BCUT2D eigenvalue weighted by molar-refractivity contribution is 5.88. The summed E-state index contributed by atoms with van der Waals surface area (Å²) in [6, 6.07) is 21.9. The normalized spacial score (nSPS) is 12.7. The number of aliphatic imine (C=N–C) groups is 1. The maximum atomic E-state index is 10.4. The Morgan fingerprint density at radius 1 is 0.957 bits per heavy atom. The van der Waals surface area contributed by atoms with Crippen LogP contribution >= 0.6 is 0 Å². The Morgan fingerprint density at radius 3 is 2.48 bits per heavy atom. The van der Waals surface area contributed by atoms with E-state index in [0.717, 1.165) is 34.7 Å². The molecule has 1 atom stereocenters. The van der Waals surface area contributed by atoms with Crippen molar-refractivity contribution in [2.45, 2.75) is 25.8 Å². The zero-order valence-electron chi connectivity index (χ0n) is 13.3. The molecule has 0 aliphatic rings. The molecule has 0 saturated heterocycles. The molecule has 0 heterocycles. The molecular weight excluding hydrogens is 282 g/mol. The minimum atomic E-state index is -0.0358. The summed E-state index contributed by atoms with van der Waals surface area (Å²) in [6.07, 6.45) is 3.83. The average Bonchev–Trinajstić information content (AvgIpc) is 2.60. The van der Waals surface area contributed by atoms with Crippen molar-refractivity contribution in [3.8, 4) is 5.75 Å². The summed E-state index contributed by atoms with van der Waals surface area (Å²) in [5, 5.41) is 12.6. The fraction of sp³-hybridized carbons (Fsp3) is 0.190. The van der Waals surface area contributed by atoms with Crippen LogP contribution in [-0.2, 0) is 0 Å². The van der Waals surface area contributed by atoms with Crippen molar-refractivity contribution in [2.24, 2.45) is 4.99 Å². The Kier molecular flexibility index (Phi) is 4.72. The largest absolute Gasteiger partial charge is 0.508 e. The second-order valence-electron chi connectivity index (χ2n) is 5.71. The van der Waals surface area contributed by atoms with Crippen molar-refractivity contribution in [1.29, 1.82) is 0 Å². The lowest BCUT2D eigenvalue weighted by atomic mass is 9.95. The number of benzene rings is 3. The first-order chi connectivity index (χ1) is 11.3. The van der Waals surface area contributed by atoms with Gasteiger partial charge >= 0.3 is 0 Å². The Labute approximate surface area is 137 Å². The number of rotatable bonds is 5. The molecule has 1 unspecified atom stereocenters. The summed E-state index contributed by atoms with van der Waals surface area (Å²) in [7, 11) is 0. The molecule has 2 heteroatoms. The molecule has 2 nitrogen and oxygen atoms in total. The van der Waals surface area contributed by atoms with Crippen LogP contribution in [0.2, 0.25) is 0 Å². The molecule has 1 N–H and O–H groups in total. The lowest BCUT2D eigenvalue weighted by Crippen LogP contribution is -1.98. The Bertz CT molecular complexity index is 808. The predicted molar refractivity (Wildman–Crippen MR) is 97.3 cm³/mol. The first-order valence-electron chi connectivity index (χ1n) is 8.08. The lowest BCUT2D eigenvalue weighted by molar-refractivity contribution is 0.460. The van der Waals surface area contributed by atoms with E-state index in [1.165, 1.54) is 0 Å². The van der Waals surface area contributed by atoms with Crippen molar-refractivity contribution >= 4 is 17.0 Å². The molecule has 0 saturated carbocycles. The highest BCUT2D eigenvalue weighted by Gasteiger charge is 2.16. The maximum Gasteiger partial charge on any atom is 0.121 e. The second kappa shape index (κ2) is 7.10. The molecule has 0 aliphatic carbocycles. The summed E-state index contributed by atoms with van der Waals surface area (Å²) >= 11 is 0. The highest BCUT2D eigenvalue weighted by atomic mass is 16.3. The Balaban J connectivity index is 2.05. The molecular formula is C21H21NO. The van der Waals surface area contributed by atoms with Gasteiger partial charge in [0.05, 0.1) is 6.04 Å². The summed E-state index contributed by atoms with van der Waals surface area (Å²) in [6.45, 7) is 2.15. The molecule has 0 amide bonds. The number of phenols is 1. The van der Waals surface area contributed by atoms with Gasteiger partial charge in [0.15, 0.2) is 0 Å². The van der Waals surface area contributed by atoms with Gasteiger partial charge < -0.3 is 5.11 Å². The van der Waals surface area contributed by atoms with Crippen LogP contribution in [0, 0.1) is 0 Å². The van der Waals surface area contributed by atoms with Crippen molar-refractivity contribution < 1.29 is 5.11 Å². The highest BCUT2D eigenvalue weighted by Crippen LogP contribution is 2.36. The van der Waals surface area contributed by atoms with E-state index in [1.54, 1.807) is 6.07 Å². The van der Waals surface area contributed by atoms with E-state index in [1.807, 2.05) is 54.7 Å². The molecule has 0 spiro atoms. The Hall–Kier alpha value is -2.61. The molecule has 0 aromatic heterocycles. The molecule has 3 aromatic carbocycles. The van der Waals surface area contributed by atoms with Crippen molar-refractivity contribution in [2.75, 3.05) is 0 Å². The number of nitrogens with zero attached hydrogens (tertiary/aromatic N) is 1. The van der Waals surface area contributed by atoms with Gasteiger partial charge in [-0.2, -0.15) is 0 Å². The van der Waals surface area contributed by atoms with E-state index in [2.05, 4.69) is 19.1 Å². The van der Waals surface area contributed by atoms with Crippen molar-refractivity contribution in [3.63, 3.8) is 0 Å². The first kappa shape index (κ1) is 15.3. The zero-order chi connectivity index (χ0) is 16.1. The van der Waals surface area contributed by atoms with Gasteiger partial charge in [0.25, 0.3) is 0 Å². The van der Waals surface area contributed by atoms with Gasteiger partial charge in [0.2, 0.25) is 0 Å². The van der Waals surface area contributed by atoms with E-state index in [9.17, 15) is 5.11 Å². The zero-order valence-corrected chi connectivity index (χ0v) is 13.3. The van der Waals surface area contributed by atoms with Gasteiger partial charge in [-0.3, -0.25) is 4.99 Å². The van der Waals surface area contributed by atoms with E-state index < -0.39 is 0 Å². The van der Waals surface area contributed by atoms with E-state index in [0.29, 0.717) is 5.75 Å². The summed E-state index contributed by atoms with van der Waals surface area (Å²) in [5.41, 5.74) is 2.01. The standard InChI is InChI=1S/C21H21NO/c1-2-8-19(22-15-16-9-4-3-5-10-16)21-18-12-7-6-11-17(18)13-14-20(21)23/h3-7,9-15,19,23H,2,8H2,1H3. The maximum absolute atomic E-state index is 10.4. The fourth-order valence-corrected chi connectivity index (χ4v) is 2.92. The van der Waals surface area contributed by atoms with Crippen LogP contribution in [0.3, 0.4) is 0 Å². The minimum Gasteiger partial charge on any atom is -0.508 e. The third-order valence-electron chi connectivity index (χ3n) is 4.05. The number of aromatic hydroxyl groups is 1. The SMILES string of the molecule is CCCC(N=Cc1ccccc1)c1c(O)ccc2ccccc12. The smallest absolute Gasteiger partial charge is 0.121 e. The van der Waals surface area contributed by atoms with Gasteiger partial charge in [0, 0.05) is 11.8 Å². The molecule has 3 aromatic rings. The van der Waals surface area contributed by atoms with Gasteiger partial charge in [-0.25, -0.2) is 0 Å². The number of hydrogen-bond acceptors (Lipinski definition) is 2. The van der Waals surface area contributed by atoms with Crippen molar-refractivity contribution in [1.82, 2.24) is 0 Å². The molecule has 23 heavy (non-hydrogen) atoms. The molecule has 0 radical (unpaired) electrons. The third-order valence-corrected chi connectivity index (χ3v) is 4.05. The molecule has 3 rings (SSSR count). The van der Waals surface area contributed by atoms with Gasteiger partial charge in [-0.15, -0.1) is 0 Å². The average molecular weight is 303 g/mol. The van der Waals surface area contributed by atoms with Gasteiger partial charge in [0.1, 0.15) is 5.75 Å². The molecule has 116 valence electrons. The van der Waals surface area contributed by atoms with E-state index >= 15 is 0 Å². The summed E-state index contributed by atoms with van der Waals surface area (Å²) in [4.78, 5) is 4.78. The van der Waals surface area contributed by atoms with Crippen LogP contribution < -0.4 is 0 Å². The molecule has 0 bridgehead atoms. The summed E-state index contributed by atoms with van der Waals surface area (Å²) < 4.78 is 0. The summed E-state index contributed by atoms with van der Waals surface area (Å²) in [5.74, 6) is 0.326. The van der Waals surface area contributed by atoms with Crippen LogP contribution in [0.4, 0.5) is 0 Å². The number of phenolic OH excluding ortho intramolecular Hbond substituents is 1. The Morgan fingerprint density at radius 2 is 1.70 bits per heavy atom. The monoisotopic (exact) mass is 303 g/mol. The first-order valence-corrected chi connectivity index (χ1v) is 8.08. The van der Waals surface area contributed by atoms with E-state index in [4.69, 9.17) is 4.99 Å². The topological polar surface area (TPSA) is 32.6 Å². The minimum absolute atomic E-state index is 0.0358. The van der Waals surface area contributed by atoms with Crippen LogP contribution in [0.25, 0.3) is 10.8 Å². The lowest BCUT2D eigenvalue weighted by Gasteiger charge is -2.16. The van der Waals surface area contributed by atoms with Crippen LogP contribution in [0.15, 0.2) is 71.7 Å². The van der Waals surface area contributed by atoms with Gasteiger partial charge in [-0.05, 0) is 28.8 Å². The molecule has 0 aliphatic heterocycles. The third kappa shape index (κ3) is 3.42. The van der Waals surface area contributed by atoms with Gasteiger partial charge in [-0.1, -0.05) is 74.0 Å². The van der Waals surface area contributed by atoms with Crippen LogP contribution in [0.1, 0.15) is 36.9 Å². The van der Waals surface area contributed by atoms with E-state index in [-0.39, 0.29) is 6.04 Å². The number of fused-ring (bicyclic) bond motifs is 1. The molecule has 0 fully saturated rings.